The summed E-state index contributed by atoms with van der Waals surface area (Å²) in [7, 11) is 0. The number of carbonyl (C=O) groups excluding carboxylic acids is 2. The zero-order valence-corrected chi connectivity index (χ0v) is 19.6. The summed E-state index contributed by atoms with van der Waals surface area (Å²) in [6.07, 6.45) is 2.31. The Bertz CT molecular complexity index is 1180. The number of allylic oxidation sites excluding steroid dienone is 3. The van der Waals surface area contributed by atoms with Crippen LogP contribution in [0.1, 0.15) is 54.9 Å². The number of ketones is 1. The van der Waals surface area contributed by atoms with Crippen molar-refractivity contribution >= 4 is 23.1 Å². The van der Waals surface area contributed by atoms with Gasteiger partial charge in [0.05, 0.1) is 17.6 Å². The van der Waals surface area contributed by atoms with Crippen molar-refractivity contribution in [2.24, 2.45) is 0 Å². The Morgan fingerprint density at radius 3 is 2.85 bits per heavy atom. The van der Waals surface area contributed by atoms with Crippen molar-refractivity contribution in [2.75, 3.05) is 13.2 Å². The van der Waals surface area contributed by atoms with E-state index < -0.39 is 23.5 Å². The molecule has 34 heavy (non-hydrogen) atoms. The van der Waals surface area contributed by atoms with Crippen LogP contribution in [0.2, 0.25) is 0 Å². The standard InChI is InChI=1S/C26H25F2NO4S/c1-14-23(26(31)33-13-17-4-2-8-32-17)24(18-12-16(27)6-7-19(18)28)25-20(29-14)10-15(11-21(25)30)22-5-3-9-34-22/h3,5-7,9,12,15,17,24,29H,2,4,8,10-11,13H2,1H3/t15-,17+,24-/m1/s1. The van der Waals surface area contributed by atoms with Crippen LogP contribution in [0.4, 0.5) is 8.78 Å². The van der Waals surface area contributed by atoms with Gasteiger partial charge in [0.15, 0.2) is 5.78 Å². The van der Waals surface area contributed by atoms with Gasteiger partial charge < -0.3 is 14.8 Å². The summed E-state index contributed by atoms with van der Waals surface area (Å²) in [5.41, 5.74) is 1.53. The van der Waals surface area contributed by atoms with Crippen molar-refractivity contribution in [1.82, 2.24) is 5.32 Å². The Kier molecular flexibility index (Phi) is 6.36. The van der Waals surface area contributed by atoms with E-state index in [2.05, 4.69) is 5.32 Å². The van der Waals surface area contributed by atoms with E-state index in [0.29, 0.717) is 30.0 Å². The van der Waals surface area contributed by atoms with Crippen LogP contribution in [-0.4, -0.2) is 31.1 Å². The normalized spacial score (nSPS) is 24.8. The van der Waals surface area contributed by atoms with Crippen LogP contribution in [0, 0.1) is 11.6 Å². The Labute approximate surface area is 200 Å². The van der Waals surface area contributed by atoms with Gasteiger partial charge in [-0.3, -0.25) is 4.79 Å². The molecule has 0 radical (unpaired) electrons. The lowest BCUT2D eigenvalue weighted by Gasteiger charge is -2.36. The first-order chi connectivity index (χ1) is 16.4. The molecule has 0 amide bonds. The summed E-state index contributed by atoms with van der Waals surface area (Å²) < 4.78 is 40.3. The van der Waals surface area contributed by atoms with E-state index in [-0.39, 0.29) is 42.0 Å². The molecule has 1 aromatic heterocycles. The first-order valence-corrected chi connectivity index (χ1v) is 12.3. The number of benzene rings is 1. The third-order valence-electron chi connectivity index (χ3n) is 6.69. The van der Waals surface area contributed by atoms with Crippen molar-refractivity contribution in [3.8, 4) is 0 Å². The molecule has 0 spiro atoms. The molecule has 3 atom stereocenters. The molecule has 1 aliphatic carbocycles. The maximum Gasteiger partial charge on any atom is 0.336 e. The second-order valence-electron chi connectivity index (χ2n) is 8.93. The third-order valence-corrected chi connectivity index (χ3v) is 7.72. The first kappa shape index (κ1) is 22.9. The van der Waals surface area contributed by atoms with Crippen molar-refractivity contribution in [2.45, 2.75) is 50.5 Å². The Morgan fingerprint density at radius 2 is 2.12 bits per heavy atom. The van der Waals surface area contributed by atoms with Crippen LogP contribution in [0.5, 0.6) is 0 Å². The summed E-state index contributed by atoms with van der Waals surface area (Å²) in [4.78, 5) is 27.8. The minimum absolute atomic E-state index is 0.00225. The molecule has 5 nitrogen and oxygen atoms in total. The van der Waals surface area contributed by atoms with E-state index in [0.717, 1.165) is 35.9 Å². The van der Waals surface area contributed by atoms with E-state index in [9.17, 15) is 14.0 Å². The quantitative estimate of drug-likeness (QED) is 0.597. The minimum atomic E-state index is -1.04. The van der Waals surface area contributed by atoms with Crippen LogP contribution < -0.4 is 5.32 Å². The lowest BCUT2D eigenvalue weighted by atomic mass is 9.72. The van der Waals surface area contributed by atoms with Gasteiger partial charge in [-0.1, -0.05) is 6.07 Å². The molecule has 1 saturated heterocycles. The van der Waals surface area contributed by atoms with E-state index in [1.807, 2.05) is 17.5 Å². The van der Waals surface area contributed by atoms with Crippen molar-refractivity contribution in [3.63, 3.8) is 0 Å². The summed E-state index contributed by atoms with van der Waals surface area (Å²) >= 11 is 1.59. The number of nitrogens with one attached hydrogen (secondary N) is 1. The number of halogens is 2. The number of esters is 1. The van der Waals surface area contributed by atoms with Gasteiger partial charge in [0.2, 0.25) is 0 Å². The molecule has 1 N–H and O–H groups in total. The molecule has 0 saturated carbocycles. The van der Waals surface area contributed by atoms with Gasteiger partial charge in [-0.15, -0.1) is 11.3 Å². The number of ether oxygens (including phenoxy) is 2. The molecule has 5 rings (SSSR count). The van der Waals surface area contributed by atoms with Crippen LogP contribution >= 0.6 is 11.3 Å². The molecule has 0 bridgehead atoms. The van der Waals surface area contributed by atoms with Gasteiger partial charge in [-0.05, 0) is 55.8 Å². The predicted octanol–water partition coefficient (Wildman–Crippen LogP) is 5.11. The van der Waals surface area contributed by atoms with Gasteiger partial charge >= 0.3 is 5.97 Å². The molecule has 3 heterocycles. The molecule has 8 heteroatoms. The highest BCUT2D eigenvalue weighted by Gasteiger charge is 2.42. The maximum absolute atomic E-state index is 15.0. The molecule has 2 aromatic rings. The number of carbonyl (C=O) groups is 2. The van der Waals surface area contributed by atoms with Crippen molar-refractivity contribution in [3.05, 3.63) is 80.3 Å². The third kappa shape index (κ3) is 4.32. The van der Waals surface area contributed by atoms with Gasteiger partial charge in [0.25, 0.3) is 0 Å². The number of hydrogen-bond donors (Lipinski definition) is 1. The fraction of sp³-hybridized carbons (Fsp3) is 0.385. The summed E-state index contributed by atoms with van der Waals surface area (Å²) in [5, 5.41) is 5.20. The van der Waals surface area contributed by atoms with Gasteiger partial charge in [0.1, 0.15) is 18.2 Å². The molecule has 178 valence electrons. The largest absolute Gasteiger partial charge is 0.459 e. The zero-order chi connectivity index (χ0) is 23.8. The molecular weight excluding hydrogens is 460 g/mol. The smallest absolute Gasteiger partial charge is 0.336 e. The van der Waals surface area contributed by atoms with Crippen molar-refractivity contribution in [1.29, 1.82) is 0 Å². The second kappa shape index (κ2) is 9.43. The van der Waals surface area contributed by atoms with Gasteiger partial charge in [0, 0.05) is 46.4 Å². The van der Waals surface area contributed by atoms with E-state index >= 15 is 4.39 Å². The van der Waals surface area contributed by atoms with Crippen LogP contribution in [0.15, 0.2) is 58.3 Å². The monoisotopic (exact) mass is 485 g/mol. The van der Waals surface area contributed by atoms with Gasteiger partial charge in [-0.25, -0.2) is 13.6 Å². The number of thiophene rings is 1. The fourth-order valence-electron chi connectivity index (χ4n) is 5.10. The Morgan fingerprint density at radius 1 is 1.26 bits per heavy atom. The lowest BCUT2D eigenvalue weighted by molar-refractivity contribution is -0.142. The van der Waals surface area contributed by atoms with Crippen LogP contribution in [-0.2, 0) is 19.1 Å². The molecular formula is C26H25F2NO4S. The molecule has 2 aliphatic heterocycles. The Balaban J connectivity index is 1.54. The first-order valence-electron chi connectivity index (χ1n) is 11.4. The van der Waals surface area contributed by atoms with E-state index in [1.54, 1.807) is 18.3 Å². The molecule has 0 unspecified atom stereocenters. The average molecular weight is 486 g/mol. The Hall–Kier alpha value is -2.84. The number of Topliss-reactive ketones (excluding diaryl/α,β-unsaturated/α-hetero) is 1. The fourth-order valence-corrected chi connectivity index (χ4v) is 5.93. The second-order valence-corrected chi connectivity index (χ2v) is 9.91. The van der Waals surface area contributed by atoms with E-state index in [1.165, 1.54) is 0 Å². The number of hydrogen-bond acceptors (Lipinski definition) is 6. The van der Waals surface area contributed by atoms with E-state index in [4.69, 9.17) is 9.47 Å². The van der Waals surface area contributed by atoms with Crippen molar-refractivity contribution < 1.29 is 27.8 Å². The van der Waals surface area contributed by atoms with Crippen LogP contribution in [0.25, 0.3) is 0 Å². The highest BCUT2D eigenvalue weighted by atomic mass is 32.1. The SMILES string of the molecule is CC1=C(C(=O)OC[C@@H]2CCCO2)[C@@H](c2cc(F)ccc2F)C2=C(C[C@@H](c3cccs3)CC2=O)N1. The zero-order valence-electron chi connectivity index (χ0n) is 18.7. The molecule has 1 fully saturated rings. The molecule has 1 aromatic carbocycles. The number of dihydropyridines is 1. The predicted molar refractivity (Wildman–Crippen MR) is 123 cm³/mol. The van der Waals surface area contributed by atoms with Crippen LogP contribution in [0.3, 0.4) is 0 Å². The topological polar surface area (TPSA) is 64.6 Å². The highest BCUT2D eigenvalue weighted by Crippen LogP contribution is 2.46. The minimum Gasteiger partial charge on any atom is -0.459 e. The average Bonchev–Trinajstić information content (AvgIpc) is 3.52. The number of rotatable bonds is 5. The highest BCUT2D eigenvalue weighted by molar-refractivity contribution is 7.10. The molecule has 3 aliphatic rings. The summed E-state index contributed by atoms with van der Waals surface area (Å²) in [5.74, 6) is -3.20. The maximum atomic E-state index is 15.0. The lowest BCUT2D eigenvalue weighted by Crippen LogP contribution is -2.36. The van der Waals surface area contributed by atoms with Gasteiger partial charge in [-0.2, -0.15) is 0 Å². The summed E-state index contributed by atoms with van der Waals surface area (Å²) in [6, 6.07) is 7.06. The summed E-state index contributed by atoms with van der Waals surface area (Å²) in [6.45, 7) is 2.41.